The van der Waals surface area contributed by atoms with Crippen molar-refractivity contribution in [2.75, 3.05) is 6.54 Å². The van der Waals surface area contributed by atoms with Gasteiger partial charge in [-0.05, 0) is 35.2 Å². The summed E-state index contributed by atoms with van der Waals surface area (Å²) < 4.78 is 0.900. The highest BCUT2D eigenvalue weighted by molar-refractivity contribution is 7.21. The minimum atomic E-state index is -0.349. The predicted octanol–water partition coefficient (Wildman–Crippen LogP) is 4.43. The topological polar surface area (TPSA) is 63.4 Å². The summed E-state index contributed by atoms with van der Waals surface area (Å²) in [5, 5.41) is 1.94. The van der Waals surface area contributed by atoms with Crippen molar-refractivity contribution < 1.29 is 9.59 Å². The number of nitrogens with zero attached hydrogens (tertiary/aromatic N) is 1. The molecule has 7 heteroatoms. The van der Waals surface area contributed by atoms with Gasteiger partial charge in [-0.15, -0.1) is 11.3 Å². The zero-order valence-corrected chi connectivity index (χ0v) is 16.6. The zero-order chi connectivity index (χ0) is 19.1. The van der Waals surface area contributed by atoms with Gasteiger partial charge in [-0.25, -0.2) is 0 Å². The Morgan fingerprint density at radius 2 is 2.00 bits per heavy atom. The number of thiophene rings is 1. The largest absolute Gasteiger partial charge is 0.369 e. The molecule has 2 aromatic carbocycles. The summed E-state index contributed by atoms with van der Waals surface area (Å²) in [5.74, 6) is -0.430. The molecule has 0 saturated carbocycles. The van der Waals surface area contributed by atoms with Gasteiger partial charge in [-0.3, -0.25) is 9.59 Å². The van der Waals surface area contributed by atoms with Crippen LogP contribution in [0.5, 0.6) is 0 Å². The Morgan fingerprint density at radius 3 is 2.78 bits per heavy atom. The molecule has 1 aliphatic heterocycles. The molecular weight excluding hydrogens is 403 g/mol. The highest BCUT2D eigenvalue weighted by atomic mass is 35.5. The van der Waals surface area contributed by atoms with Gasteiger partial charge >= 0.3 is 0 Å². The van der Waals surface area contributed by atoms with E-state index in [0.29, 0.717) is 34.4 Å². The van der Waals surface area contributed by atoms with Crippen molar-refractivity contribution in [3.63, 3.8) is 0 Å². The smallest absolute Gasteiger partial charge is 0.265 e. The summed E-state index contributed by atoms with van der Waals surface area (Å²) in [5.41, 5.74) is 8.46. The van der Waals surface area contributed by atoms with E-state index in [9.17, 15) is 9.59 Å². The molecule has 2 amide bonds. The maximum atomic E-state index is 13.1. The molecule has 4 rings (SSSR count). The summed E-state index contributed by atoms with van der Waals surface area (Å²) in [7, 11) is 0. The molecule has 27 heavy (non-hydrogen) atoms. The van der Waals surface area contributed by atoms with Gasteiger partial charge in [0.25, 0.3) is 5.91 Å². The third-order valence-electron chi connectivity index (χ3n) is 4.80. The normalized spacial score (nSPS) is 13.6. The number of hydrogen-bond donors (Lipinski definition) is 1. The van der Waals surface area contributed by atoms with Gasteiger partial charge in [-0.2, -0.15) is 0 Å². The van der Waals surface area contributed by atoms with Crippen molar-refractivity contribution in [2.24, 2.45) is 5.73 Å². The van der Waals surface area contributed by atoms with Crippen LogP contribution in [-0.2, 0) is 24.2 Å². The van der Waals surface area contributed by atoms with E-state index in [4.69, 9.17) is 28.9 Å². The number of rotatable bonds is 3. The van der Waals surface area contributed by atoms with Crippen LogP contribution in [0, 0.1) is 0 Å². The number of halogens is 2. The zero-order valence-electron chi connectivity index (χ0n) is 14.3. The lowest BCUT2D eigenvalue weighted by molar-refractivity contribution is -0.117. The molecule has 138 valence electrons. The Hall–Kier alpha value is -2.08. The van der Waals surface area contributed by atoms with E-state index in [-0.39, 0.29) is 18.2 Å². The fourth-order valence-electron chi connectivity index (χ4n) is 3.54. The average Bonchev–Trinajstić information content (AvgIpc) is 2.96. The fraction of sp³-hybridized carbons (Fsp3) is 0.200. The molecule has 2 N–H and O–H groups in total. The van der Waals surface area contributed by atoms with Crippen LogP contribution in [0.1, 0.15) is 26.4 Å². The van der Waals surface area contributed by atoms with Crippen LogP contribution in [0.3, 0.4) is 0 Å². The minimum Gasteiger partial charge on any atom is -0.369 e. The molecule has 2 heterocycles. The van der Waals surface area contributed by atoms with Crippen molar-refractivity contribution in [2.45, 2.75) is 19.4 Å². The highest BCUT2D eigenvalue weighted by Crippen LogP contribution is 2.38. The lowest BCUT2D eigenvalue weighted by Crippen LogP contribution is -2.36. The number of fused-ring (bicyclic) bond motifs is 2. The summed E-state index contributed by atoms with van der Waals surface area (Å²) >= 11 is 13.9. The first-order valence-electron chi connectivity index (χ1n) is 8.49. The van der Waals surface area contributed by atoms with Crippen LogP contribution >= 0.6 is 34.5 Å². The number of carbonyl (C=O) groups is 2. The van der Waals surface area contributed by atoms with Crippen molar-refractivity contribution >= 4 is 56.4 Å². The second-order valence-corrected chi connectivity index (χ2v) is 8.43. The van der Waals surface area contributed by atoms with E-state index in [1.54, 1.807) is 11.0 Å². The van der Waals surface area contributed by atoms with E-state index >= 15 is 0 Å². The van der Waals surface area contributed by atoms with Crippen molar-refractivity contribution in [3.05, 3.63) is 68.0 Å². The molecule has 0 unspecified atom stereocenters. The van der Waals surface area contributed by atoms with Gasteiger partial charge < -0.3 is 10.6 Å². The molecule has 0 saturated heterocycles. The summed E-state index contributed by atoms with van der Waals surface area (Å²) in [6.07, 6.45) is 0.916. The second kappa shape index (κ2) is 7.15. The average molecular weight is 419 g/mol. The first kappa shape index (κ1) is 18.3. The standard InChI is InChI=1S/C20H16Cl2N2O2S/c21-13-4-5-15-16(9-13)27-19(18(15)22)20(26)24-7-6-14-11(8-17(23)25)2-1-3-12(14)10-24/h1-5,9H,6-8,10H2,(H2,23,25). The summed E-state index contributed by atoms with van der Waals surface area (Å²) in [6.45, 7) is 1.07. The van der Waals surface area contributed by atoms with Gasteiger partial charge in [0.2, 0.25) is 5.91 Å². The van der Waals surface area contributed by atoms with Crippen LogP contribution in [0.4, 0.5) is 0 Å². The van der Waals surface area contributed by atoms with Crippen molar-refractivity contribution in [3.8, 4) is 0 Å². The quantitative estimate of drug-likeness (QED) is 0.683. The number of amides is 2. The van der Waals surface area contributed by atoms with Crippen LogP contribution < -0.4 is 5.73 Å². The van der Waals surface area contributed by atoms with Gasteiger partial charge in [-0.1, -0.05) is 47.5 Å². The molecule has 4 nitrogen and oxygen atoms in total. The lowest BCUT2D eigenvalue weighted by Gasteiger charge is -2.30. The third-order valence-corrected chi connectivity index (χ3v) is 6.68. The predicted molar refractivity (Wildman–Crippen MR) is 110 cm³/mol. The van der Waals surface area contributed by atoms with E-state index < -0.39 is 0 Å². The lowest BCUT2D eigenvalue weighted by atomic mass is 9.92. The highest BCUT2D eigenvalue weighted by Gasteiger charge is 2.27. The van der Waals surface area contributed by atoms with Crippen molar-refractivity contribution in [1.82, 2.24) is 4.90 Å². The Labute approximate surface area is 170 Å². The number of primary amides is 1. The maximum Gasteiger partial charge on any atom is 0.265 e. The van der Waals surface area contributed by atoms with E-state index in [2.05, 4.69) is 0 Å². The number of carbonyl (C=O) groups excluding carboxylic acids is 2. The van der Waals surface area contributed by atoms with Gasteiger partial charge in [0, 0.05) is 28.2 Å². The minimum absolute atomic E-state index is 0.0803. The molecule has 0 aliphatic carbocycles. The number of nitrogens with two attached hydrogens (primary N) is 1. The van der Waals surface area contributed by atoms with Crippen LogP contribution in [0.25, 0.3) is 10.1 Å². The Morgan fingerprint density at radius 1 is 1.19 bits per heavy atom. The molecule has 0 bridgehead atoms. The fourth-order valence-corrected chi connectivity index (χ4v) is 5.29. The van der Waals surface area contributed by atoms with E-state index in [0.717, 1.165) is 26.8 Å². The first-order valence-corrected chi connectivity index (χ1v) is 10.1. The number of hydrogen-bond acceptors (Lipinski definition) is 3. The van der Waals surface area contributed by atoms with Crippen LogP contribution in [0.2, 0.25) is 10.0 Å². The Kier molecular flexibility index (Phi) is 4.84. The summed E-state index contributed by atoms with van der Waals surface area (Å²) in [6, 6.07) is 11.3. The van der Waals surface area contributed by atoms with Gasteiger partial charge in [0.1, 0.15) is 4.88 Å². The molecule has 0 spiro atoms. The molecule has 0 fully saturated rings. The molecule has 1 aliphatic rings. The van der Waals surface area contributed by atoms with E-state index in [1.807, 2.05) is 30.3 Å². The molecule has 1 aromatic heterocycles. The second-order valence-electron chi connectivity index (χ2n) is 6.56. The third kappa shape index (κ3) is 3.43. The molecular formula is C20H16Cl2N2O2S. The molecule has 0 radical (unpaired) electrons. The molecule has 0 atom stereocenters. The van der Waals surface area contributed by atoms with Crippen molar-refractivity contribution in [1.29, 1.82) is 0 Å². The number of benzene rings is 2. The van der Waals surface area contributed by atoms with Gasteiger partial charge in [0.15, 0.2) is 0 Å². The Balaban J connectivity index is 1.64. The molecule has 3 aromatic rings. The van der Waals surface area contributed by atoms with Crippen LogP contribution in [0.15, 0.2) is 36.4 Å². The maximum absolute atomic E-state index is 13.1. The van der Waals surface area contributed by atoms with Crippen LogP contribution in [-0.4, -0.2) is 23.3 Å². The summed E-state index contributed by atoms with van der Waals surface area (Å²) in [4.78, 5) is 26.7. The monoisotopic (exact) mass is 418 g/mol. The van der Waals surface area contributed by atoms with Gasteiger partial charge in [0.05, 0.1) is 11.4 Å². The Bertz CT molecular complexity index is 1080. The first-order chi connectivity index (χ1) is 12.9. The SMILES string of the molecule is NC(=O)Cc1cccc2c1CCN(C(=O)c1sc3cc(Cl)ccc3c1Cl)C2. The van der Waals surface area contributed by atoms with E-state index in [1.165, 1.54) is 11.3 Å².